The molecular formula is C19H18O5S. The smallest absolute Gasteiger partial charge is 0.190 e. The minimum Gasteiger partial charge on any atom is -0.496 e. The molecule has 0 unspecified atom stereocenters. The Labute approximate surface area is 150 Å². The van der Waals surface area contributed by atoms with Gasteiger partial charge in [0.15, 0.2) is 17.3 Å². The maximum Gasteiger partial charge on any atom is 0.190 e. The number of methoxy groups -OCH3 is 3. The van der Waals surface area contributed by atoms with Gasteiger partial charge in [0.25, 0.3) is 0 Å². The fourth-order valence-electron chi connectivity index (χ4n) is 2.57. The fraction of sp³-hybridized carbons (Fsp3) is 0.211. The van der Waals surface area contributed by atoms with Gasteiger partial charge in [0, 0.05) is 0 Å². The van der Waals surface area contributed by atoms with Crippen molar-refractivity contribution in [3.05, 3.63) is 47.5 Å². The highest BCUT2D eigenvalue weighted by molar-refractivity contribution is 7.99. The molecule has 2 aromatic rings. The van der Waals surface area contributed by atoms with E-state index in [4.69, 9.17) is 18.9 Å². The highest BCUT2D eigenvalue weighted by atomic mass is 32.2. The lowest BCUT2D eigenvalue weighted by atomic mass is 10.1. The van der Waals surface area contributed by atoms with E-state index in [1.807, 2.05) is 18.2 Å². The van der Waals surface area contributed by atoms with E-state index in [0.29, 0.717) is 34.5 Å². The Balaban J connectivity index is 1.90. The zero-order valence-corrected chi connectivity index (χ0v) is 15.0. The summed E-state index contributed by atoms with van der Waals surface area (Å²) in [6.45, 7) is 0. The molecule has 0 aromatic heterocycles. The van der Waals surface area contributed by atoms with Crippen LogP contribution in [0.2, 0.25) is 0 Å². The van der Waals surface area contributed by atoms with Crippen LogP contribution in [-0.4, -0.2) is 33.1 Å². The van der Waals surface area contributed by atoms with Crippen LogP contribution in [0.5, 0.6) is 23.0 Å². The number of hydrogen-bond donors (Lipinski definition) is 0. The average molecular weight is 358 g/mol. The van der Waals surface area contributed by atoms with Crippen molar-refractivity contribution in [1.29, 1.82) is 0 Å². The molecule has 0 atom stereocenters. The van der Waals surface area contributed by atoms with Gasteiger partial charge in [0.2, 0.25) is 0 Å². The number of ether oxygens (including phenoxy) is 4. The Morgan fingerprint density at radius 2 is 1.76 bits per heavy atom. The molecule has 0 amide bonds. The van der Waals surface area contributed by atoms with E-state index in [2.05, 4.69) is 0 Å². The zero-order valence-electron chi connectivity index (χ0n) is 14.2. The monoisotopic (exact) mass is 358 g/mol. The first kappa shape index (κ1) is 17.2. The molecule has 0 aliphatic carbocycles. The Bertz CT molecular complexity index is 829. The number of carbonyl (C=O) groups excluding carboxylic acids is 1. The first-order valence-corrected chi connectivity index (χ1v) is 8.57. The molecule has 6 heteroatoms. The fourth-order valence-corrected chi connectivity index (χ4v) is 3.49. The summed E-state index contributed by atoms with van der Waals surface area (Å²) in [6.07, 6.45) is 3.27. The summed E-state index contributed by atoms with van der Waals surface area (Å²) in [5.74, 6) is 2.87. The van der Waals surface area contributed by atoms with Crippen molar-refractivity contribution in [1.82, 2.24) is 0 Å². The SMILES string of the molecule is COc1ccc(/C=C/C(=O)c2c(OC)ccc3c2SCO3)cc1OC. The molecule has 3 rings (SSSR count). The number of ketones is 1. The van der Waals surface area contributed by atoms with Crippen LogP contribution in [0.15, 0.2) is 41.3 Å². The maximum absolute atomic E-state index is 12.7. The van der Waals surface area contributed by atoms with Crippen LogP contribution in [0, 0.1) is 0 Å². The van der Waals surface area contributed by atoms with Gasteiger partial charge in [-0.3, -0.25) is 4.79 Å². The van der Waals surface area contributed by atoms with Gasteiger partial charge in [-0.25, -0.2) is 0 Å². The summed E-state index contributed by atoms with van der Waals surface area (Å²) in [5, 5.41) is 0. The van der Waals surface area contributed by atoms with E-state index in [-0.39, 0.29) is 5.78 Å². The summed E-state index contributed by atoms with van der Waals surface area (Å²) < 4.78 is 21.4. The van der Waals surface area contributed by atoms with Crippen molar-refractivity contribution in [2.75, 3.05) is 27.3 Å². The van der Waals surface area contributed by atoms with Crippen LogP contribution in [-0.2, 0) is 0 Å². The van der Waals surface area contributed by atoms with Gasteiger partial charge < -0.3 is 18.9 Å². The number of thioether (sulfide) groups is 1. The third-order valence-electron chi connectivity index (χ3n) is 3.80. The van der Waals surface area contributed by atoms with E-state index in [0.717, 1.165) is 10.5 Å². The Hall–Kier alpha value is -2.60. The second kappa shape index (κ2) is 7.53. The molecule has 130 valence electrons. The molecule has 1 aliphatic rings. The third-order valence-corrected chi connectivity index (χ3v) is 4.73. The molecule has 2 aromatic carbocycles. The molecule has 0 spiro atoms. The molecule has 0 saturated carbocycles. The lowest BCUT2D eigenvalue weighted by Crippen LogP contribution is -2.01. The zero-order chi connectivity index (χ0) is 17.8. The van der Waals surface area contributed by atoms with E-state index in [1.165, 1.54) is 17.8 Å². The highest BCUT2D eigenvalue weighted by Gasteiger charge is 2.24. The first-order chi connectivity index (χ1) is 12.2. The van der Waals surface area contributed by atoms with Crippen LogP contribution in [0.25, 0.3) is 6.08 Å². The lowest BCUT2D eigenvalue weighted by Gasteiger charge is -2.09. The van der Waals surface area contributed by atoms with Gasteiger partial charge in [-0.15, -0.1) is 0 Å². The second-order valence-electron chi connectivity index (χ2n) is 5.19. The topological polar surface area (TPSA) is 54.0 Å². The van der Waals surface area contributed by atoms with Crippen LogP contribution in [0.1, 0.15) is 15.9 Å². The van der Waals surface area contributed by atoms with Gasteiger partial charge in [0.05, 0.1) is 31.8 Å². The van der Waals surface area contributed by atoms with Crippen molar-refractivity contribution in [2.24, 2.45) is 0 Å². The number of fused-ring (bicyclic) bond motifs is 1. The molecule has 25 heavy (non-hydrogen) atoms. The van der Waals surface area contributed by atoms with E-state index in [1.54, 1.807) is 39.5 Å². The largest absolute Gasteiger partial charge is 0.496 e. The minimum absolute atomic E-state index is 0.138. The minimum atomic E-state index is -0.138. The number of carbonyl (C=O) groups is 1. The highest BCUT2D eigenvalue weighted by Crippen LogP contribution is 2.43. The van der Waals surface area contributed by atoms with Gasteiger partial charge >= 0.3 is 0 Å². The summed E-state index contributed by atoms with van der Waals surface area (Å²) >= 11 is 1.49. The van der Waals surface area contributed by atoms with E-state index in [9.17, 15) is 4.79 Å². The predicted molar refractivity (Wildman–Crippen MR) is 97.3 cm³/mol. The van der Waals surface area contributed by atoms with Gasteiger partial charge in [-0.1, -0.05) is 23.9 Å². The van der Waals surface area contributed by atoms with E-state index >= 15 is 0 Å². The van der Waals surface area contributed by atoms with Crippen LogP contribution >= 0.6 is 11.8 Å². The molecule has 1 heterocycles. The lowest BCUT2D eigenvalue weighted by molar-refractivity contribution is 0.104. The standard InChI is InChI=1S/C19H18O5S/c1-21-14-7-5-12(10-17(14)23-3)4-6-13(20)18-15(22-2)8-9-16-19(18)25-11-24-16/h4-10H,11H2,1-3H3/b6-4+. The van der Waals surface area contributed by atoms with Crippen molar-refractivity contribution < 1.29 is 23.7 Å². The quantitative estimate of drug-likeness (QED) is 0.574. The molecule has 0 N–H and O–H groups in total. The van der Waals surface area contributed by atoms with Crippen molar-refractivity contribution in [3.63, 3.8) is 0 Å². The van der Waals surface area contributed by atoms with Crippen LogP contribution in [0.3, 0.4) is 0 Å². The van der Waals surface area contributed by atoms with Gasteiger partial charge in [-0.05, 0) is 35.9 Å². The Morgan fingerprint density at radius 3 is 2.48 bits per heavy atom. The molecule has 1 aliphatic heterocycles. The predicted octanol–water partition coefficient (Wildman–Crippen LogP) is 4.05. The van der Waals surface area contributed by atoms with Gasteiger partial charge in [0.1, 0.15) is 17.4 Å². The molecule has 0 bridgehead atoms. The number of rotatable bonds is 6. The third kappa shape index (κ3) is 3.44. The number of hydrogen-bond acceptors (Lipinski definition) is 6. The molecular weight excluding hydrogens is 340 g/mol. The summed E-state index contributed by atoms with van der Waals surface area (Å²) in [5.41, 5.74) is 1.36. The van der Waals surface area contributed by atoms with Crippen molar-refractivity contribution >= 4 is 23.6 Å². The van der Waals surface area contributed by atoms with Crippen molar-refractivity contribution in [2.45, 2.75) is 4.90 Å². The maximum atomic E-state index is 12.7. The number of allylic oxidation sites excluding steroid dienone is 1. The van der Waals surface area contributed by atoms with Crippen LogP contribution < -0.4 is 18.9 Å². The Morgan fingerprint density at radius 1 is 1.04 bits per heavy atom. The number of benzene rings is 2. The summed E-state index contributed by atoms with van der Waals surface area (Å²) in [6, 6.07) is 9.04. The summed E-state index contributed by atoms with van der Waals surface area (Å²) in [7, 11) is 4.71. The molecule has 0 radical (unpaired) electrons. The average Bonchev–Trinajstić information content (AvgIpc) is 3.13. The van der Waals surface area contributed by atoms with E-state index < -0.39 is 0 Å². The van der Waals surface area contributed by atoms with Crippen LogP contribution in [0.4, 0.5) is 0 Å². The Kier molecular flexibility index (Phi) is 5.19. The molecule has 5 nitrogen and oxygen atoms in total. The molecule has 0 saturated heterocycles. The second-order valence-corrected chi connectivity index (χ2v) is 6.12. The van der Waals surface area contributed by atoms with Crippen molar-refractivity contribution in [3.8, 4) is 23.0 Å². The van der Waals surface area contributed by atoms with Gasteiger partial charge in [-0.2, -0.15) is 0 Å². The summed E-state index contributed by atoms with van der Waals surface area (Å²) in [4.78, 5) is 13.6. The first-order valence-electron chi connectivity index (χ1n) is 7.59. The molecule has 0 fully saturated rings. The normalized spacial score (nSPS) is 12.6.